The van der Waals surface area contributed by atoms with Gasteiger partial charge in [0.2, 0.25) is 0 Å². The Balaban J connectivity index is 1.59. The highest BCUT2D eigenvalue weighted by molar-refractivity contribution is 5.88. The Hall–Kier alpha value is -1.62. The van der Waals surface area contributed by atoms with E-state index in [0.717, 1.165) is 36.3 Å². The number of morpholine rings is 1. The molecule has 0 radical (unpaired) electrons. The van der Waals surface area contributed by atoms with Gasteiger partial charge in [0.25, 0.3) is 0 Å². The molecule has 0 spiro atoms. The van der Waals surface area contributed by atoms with Gasteiger partial charge in [-0.15, -0.1) is 0 Å². The first kappa shape index (κ1) is 15.3. The van der Waals surface area contributed by atoms with Crippen LogP contribution in [0.1, 0.15) is 6.92 Å². The Morgan fingerprint density at radius 2 is 2.09 bits per heavy atom. The van der Waals surface area contributed by atoms with Crippen molar-refractivity contribution < 1.29 is 14.6 Å². The summed E-state index contributed by atoms with van der Waals surface area (Å²) in [5.41, 5.74) is 0. The van der Waals surface area contributed by atoms with Crippen LogP contribution in [0.15, 0.2) is 42.5 Å². The van der Waals surface area contributed by atoms with E-state index in [1.807, 2.05) is 30.3 Å². The smallest absolute Gasteiger partial charge is 0.127 e. The second kappa shape index (κ2) is 7.09. The van der Waals surface area contributed by atoms with E-state index in [9.17, 15) is 5.11 Å². The Kier molecular flexibility index (Phi) is 4.93. The Bertz CT molecular complexity index is 611. The zero-order chi connectivity index (χ0) is 15.4. The lowest BCUT2D eigenvalue weighted by atomic mass is 10.1. The van der Waals surface area contributed by atoms with Crippen LogP contribution in [-0.2, 0) is 4.74 Å². The standard InChI is InChI=1S/C18H23NO3/c1-14-12-21-10-9-19(14)11-16(20)13-22-18-8-4-6-15-5-2-3-7-17(15)18/h2-8,14,16,20H,9-13H2,1H3. The first-order chi connectivity index (χ1) is 10.7. The monoisotopic (exact) mass is 301 g/mol. The molecular weight excluding hydrogens is 278 g/mol. The Labute approximate surface area is 131 Å². The van der Waals surface area contributed by atoms with Gasteiger partial charge in [-0.25, -0.2) is 0 Å². The fourth-order valence-electron chi connectivity index (χ4n) is 2.86. The van der Waals surface area contributed by atoms with Crippen molar-refractivity contribution in [1.82, 2.24) is 4.90 Å². The van der Waals surface area contributed by atoms with E-state index in [-0.39, 0.29) is 0 Å². The van der Waals surface area contributed by atoms with Crippen molar-refractivity contribution in [2.45, 2.75) is 19.1 Å². The van der Waals surface area contributed by atoms with Gasteiger partial charge in [0, 0.05) is 24.5 Å². The third-order valence-electron chi connectivity index (χ3n) is 4.13. The van der Waals surface area contributed by atoms with Gasteiger partial charge in [-0.1, -0.05) is 36.4 Å². The number of hydrogen-bond acceptors (Lipinski definition) is 4. The minimum atomic E-state index is -0.500. The Morgan fingerprint density at radius 1 is 1.27 bits per heavy atom. The molecule has 22 heavy (non-hydrogen) atoms. The largest absolute Gasteiger partial charge is 0.490 e. The first-order valence-electron chi connectivity index (χ1n) is 7.84. The summed E-state index contributed by atoms with van der Waals surface area (Å²) in [5, 5.41) is 12.5. The molecule has 1 heterocycles. The molecule has 0 amide bonds. The van der Waals surface area contributed by atoms with Crippen molar-refractivity contribution in [2.75, 3.05) is 32.9 Å². The lowest BCUT2D eigenvalue weighted by Crippen LogP contribution is -2.47. The van der Waals surface area contributed by atoms with E-state index in [4.69, 9.17) is 9.47 Å². The molecular formula is C18H23NO3. The average Bonchev–Trinajstić information content (AvgIpc) is 2.55. The third-order valence-corrected chi connectivity index (χ3v) is 4.13. The van der Waals surface area contributed by atoms with Gasteiger partial charge >= 0.3 is 0 Å². The van der Waals surface area contributed by atoms with E-state index < -0.39 is 6.10 Å². The van der Waals surface area contributed by atoms with Gasteiger partial charge in [-0.3, -0.25) is 4.90 Å². The van der Waals surface area contributed by atoms with E-state index in [2.05, 4.69) is 24.0 Å². The zero-order valence-corrected chi connectivity index (χ0v) is 12.9. The van der Waals surface area contributed by atoms with Crippen LogP contribution in [0.25, 0.3) is 10.8 Å². The van der Waals surface area contributed by atoms with Crippen molar-refractivity contribution >= 4 is 10.8 Å². The van der Waals surface area contributed by atoms with Crippen molar-refractivity contribution in [2.24, 2.45) is 0 Å². The number of aliphatic hydroxyl groups excluding tert-OH is 1. The summed E-state index contributed by atoms with van der Waals surface area (Å²) in [7, 11) is 0. The van der Waals surface area contributed by atoms with Crippen LogP contribution in [-0.4, -0.2) is 55.1 Å². The maximum atomic E-state index is 10.2. The van der Waals surface area contributed by atoms with Crippen molar-refractivity contribution in [3.05, 3.63) is 42.5 Å². The Morgan fingerprint density at radius 3 is 2.95 bits per heavy atom. The van der Waals surface area contributed by atoms with E-state index in [0.29, 0.717) is 19.2 Å². The number of rotatable bonds is 5. The summed E-state index contributed by atoms with van der Waals surface area (Å²) >= 11 is 0. The first-order valence-corrected chi connectivity index (χ1v) is 7.84. The minimum Gasteiger partial charge on any atom is -0.490 e. The fraction of sp³-hybridized carbons (Fsp3) is 0.444. The molecule has 4 nitrogen and oxygen atoms in total. The summed E-state index contributed by atoms with van der Waals surface area (Å²) in [4.78, 5) is 2.25. The topological polar surface area (TPSA) is 41.9 Å². The minimum absolute atomic E-state index is 0.304. The van der Waals surface area contributed by atoms with Gasteiger partial charge in [-0.2, -0.15) is 0 Å². The molecule has 2 aromatic carbocycles. The van der Waals surface area contributed by atoms with Crippen LogP contribution < -0.4 is 4.74 Å². The van der Waals surface area contributed by atoms with Crippen molar-refractivity contribution in [1.29, 1.82) is 0 Å². The summed E-state index contributed by atoms with van der Waals surface area (Å²) in [6.45, 7) is 5.38. The molecule has 1 fully saturated rings. The van der Waals surface area contributed by atoms with E-state index in [1.54, 1.807) is 0 Å². The zero-order valence-electron chi connectivity index (χ0n) is 12.9. The maximum absolute atomic E-state index is 10.2. The number of benzene rings is 2. The van der Waals surface area contributed by atoms with Gasteiger partial charge in [0.05, 0.1) is 13.2 Å². The molecule has 3 rings (SSSR count). The highest BCUT2D eigenvalue weighted by Crippen LogP contribution is 2.25. The summed E-state index contributed by atoms with van der Waals surface area (Å²) in [5.74, 6) is 0.826. The van der Waals surface area contributed by atoms with Crippen LogP contribution in [0.5, 0.6) is 5.75 Å². The summed E-state index contributed by atoms with van der Waals surface area (Å²) in [6.07, 6.45) is -0.500. The van der Waals surface area contributed by atoms with Gasteiger partial charge in [0.15, 0.2) is 0 Å². The lowest BCUT2D eigenvalue weighted by Gasteiger charge is -2.34. The fourth-order valence-corrected chi connectivity index (χ4v) is 2.86. The molecule has 0 aromatic heterocycles. The second-order valence-corrected chi connectivity index (χ2v) is 5.86. The maximum Gasteiger partial charge on any atom is 0.127 e. The van der Waals surface area contributed by atoms with Gasteiger partial charge < -0.3 is 14.6 Å². The van der Waals surface area contributed by atoms with Crippen LogP contribution in [0.3, 0.4) is 0 Å². The molecule has 0 saturated carbocycles. The average molecular weight is 301 g/mol. The lowest BCUT2D eigenvalue weighted by molar-refractivity contribution is -0.0264. The molecule has 4 heteroatoms. The molecule has 0 aliphatic carbocycles. The molecule has 1 saturated heterocycles. The van der Waals surface area contributed by atoms with E-state index in [1.165, 1.54) is 0 Å². The quantitative estimate of drug-likeness (QED) is 0.920. The van der Waals surface area contributed by atoms with Gasteiger partial charge in [-0.05, 0) is 18.4 Å². The normalized spacial score (nSPS) is 20.9. The van der Waals surface area contributed by atoms with Crippen LogP contribution in [0.2, 0.25) is 0 Å². The number of hydrogen-bond donors (Lipinski definition) is 1. The number of nitrogens with zero attached hydrogens (tertiary/aromatic N) is 1. The predicted octanol–water partition coefficient (Wildman–Crippen LogP) is 2.30. The molecule has 1 aliphatic rings. The molecule has 0 bridgehead atoms. The SMILES string of the molecule is CC1COCCN1CC(O)COc1cccc2ccccc12. The highest BCUT2D eigenvalue weighted by atomic mass is 16.5. The highest BCUT2D eigenvalue weighted by Gasteiger charge is 2.21. The summed E-state index contributed by atoms with van der Waals surface area (Å²) < 4.78 is 11.3. The van der Waals surface area contributed by atoms with Crippen molar-refractivity contribution in [3.63, 3.8) is 0 Å². The molecule has 118 valence electrons. The van der Waals surface area contributed by atoms with E-state index >= 15 is 0 Å². The molecule has 1 N–H and O–H groups in total. The van der Waals surface area contributed by atoms with Crippen LogP contribution in [0, 0.1) is 0 Å². The predicted molar refractivity (Wildman–Crippen MR) is 87.3 cm³/mol. The second-order valence-electron chi connectivity index (χ2n) is 5.86. The number of ether oxygens (including phenoxy) is 2. The number of β-amino-alcohol motifs (C(OH)–C–C–N with tert-alkyl or cyclic N) is 1. The number of fused-ring (bicyclic) bond motifs is 1. The van der Waals surface area contributed by atoms with Crippen molar-refractivity contribution in [3.8, 4) is 5.75 Å². The molecule has 2 atom stereocenters. The van der Waals surface area contributed by atoms with Gasteiger partial charge in [0.1, 0.15) is 18.5 Å². The molecule has 2 aromatic rings. The third kappa shape index (κ3) is 3.58. The molecule has 2 unspecified atom stereocenters. The number of aliphatic hydroxyl groups is 1. The summed E-state index contributed by atoms with van der Waals surface area (Å²) in [6, 6.07) is 14.5. The van der Waals surface area contributed by atoms with Crippen LogP contribution >= 0.6 is 0 Å². The van der Waals surface area contributed by atoms with Crippen LogP contribution in [0.4, 0.5) is 0 Å². The molecule has 1 aliphatic heterocycles.